The van der Waals surface area contributed by atoms with Crippen molar-refractivity contribution < 1.29 is 10.2 Å². The van der Waals surface area contributed by atoms with Crippen LogP contribution in [0.15, 0.2) is 34.3 Å². The zero-order valence-electron chi connectivity index (χ0n) is 21.6. The molecule has 2 N–H and O–H groups in total. The normalized spacial score (nSPS) is 14.0. The van der Waals surface area contributed by atoms with E-state index in [4.69, 9.17) is 28.2 Å². The first-order valence-corrected chi connectivity index (χ1v) is 12.4. The highest BCUT2D eigenvalue weighted by atomic mass is 35.5. The molecule has 4 nitrogen and oxygen atoms in total. The smallest absolute Gasteiger partial charge is 0.128 e. The average molecular weight is 506 g/mol. The summed E-state index contributed by atoms with van der Waals surface area (Å²) in [4.78, 5) is 9.32. The fourth-order valence-corrected chi connectivity index (χ4v) is 4.22. The standard InChI is InChI=1S/C28H38Cl2N2O2/c1-17(2)9-22(32-15-19-11-21(30)13-24(26(19)34)28(6,7)8)16-31-14-18-10-20(29)12-23(25(18)33)27(3,4)5/h10-15,17,22,33-34H,9,16H2,1-8H3. The molecular formula is C28H38Cl2N2O2. The maximum Gasteiger partial charge on any atom is 0.128 e. The minimum absolute atomic E-state index is 0.0869. The highest BCUT2D eigenvalue weighted by molar-refractivity contribution is 6.31. The lowest BCUT2D eigenvalue weighted by atomic mass is 9.85. The van der Waals surface area contributed by atoms with Gasteiger partial charge < -0.3 is 10.2 Å². The van der Waals surface area contributed by atoms with Crippen LogP contribution in [-0.2, 0) is 10.8 Å². The van der Waals surface area contributed by atoms with Gasteiger partial charge in [0.05, 0.1) is 12.6 Å². The van der Waals surface area contributed by atoms with Gasteiger partial charge in [0.25, 0.3) is 0 Å². The summed E-state index contributed by atoms with van der Waals surface area (Å²) in [7, 11) is 0. The fraction of sp³-hybridized carbons (Fsp3) is 0.500. The van der Waals surface area contributed by atoms with Crippen LogP contribution in [0, 0.1) is 5.92 Å². The van der Waals surface area contributed by atoms with Crippen molar-refractivity contribution in [1.29, 1.82) is 0 Å². The molecule has 0 fully saturated rings. The van der Waals surface area contributed by atoms with Crippen LogP contribution in [-0.4, -0.2) is 35.2 Å². The van der Waals surface area contributed by atoms with E-state index in [1.165, 1.54) is 0 Å². The van der Waals surface area contributed by atoms with Crippen molar-refractivity contribution in [3.63, 3.8) is 0 Å². The Morgan fingerprint density at radius 1 is 0.794 bits per heavy atom. The molecule has 2 aromatic carbocycles. The quantitative estimate of drug-likeness (QED) is 0.375. The van der Waals surface area contributed by atoms with Crippen molar-refractivity contribution >= 4 is 35.6 Å². The Morgan fingerprint density at radius 3 is 1.65 bits per heavy atom. The van der Waals surface area contributed by atoms with E-state index in [2.05, 4.69) is 18.8 Å². The Balaban J connectivity index is 2.31. The van der Waals surface area contributed by atoms with Gasteiger partial charge in [0, 0.05) is 44.7 Å². The summed E-state index contributed by atoms with van der Waals surface area (Å²) in [5.74, 6) is 0.816. The van der Waals surface area contributed by atoms with E-state index >= 15 is 0 Å². The van der Waals surface area contributed by atoms with Crippen molar-refractivity contribution in [2.24, 2.45) is 15.9 Å². The topological polar surface area (TPSA) is 65.2 Å². The predicted octanol–water partition coefficient (Wildman–Crippen LogP) is 7.95. The second-order valence-electron chi connectivity index (χ2n) is 11.3. The summed E-state index contributed by atoms with van der Waals surface area (Å²) >= 11 is 12.6. The molecule has 0 aromatic heterocycles. The molecule has 0 aliphatic carbocycles. The number of aliphatic imine (C=N–C) groups is 2. The molecule has 0 saturated carbocycles. The molecule has 34 heavy (non-hydrogen) atoms. The summed E-state index contributed by atoms with van der Waals surface area (Å²) in [5, 5.41) is 22.7. The van der Waals surface area contributed by atoms with Gasteiger partial charge in [0.15, 0.2) is 0 Å². The third kappa shape index (κ3) is 7.74. The van der Waals surface area contributed by atoms with Crippen LogP contribution >= 0.6 is 23.2 Å². The highest BCUT2D eigenvalue weighted by Gasteiger charge is 2.22. The molecule has 0 aliphatic heterocycles. The molecule has 2 rings (SSSR count). The maximum atomic E-state index is 10.8. The van der Waals surface area contributed by atoms with E-state index in [1.807, 2.05) is 41.5 Å². The first kappa shape index (κ1) is 28.2. The molecule has 0 radical (unpaired) electrons. The van der Waals surface area contributed by atoms with E-state index in [0.717, 1.165) is 17.5 Å². The lowest BCUT2D eigenvalue weighted by Crippen LogP contribution is -2.14. The van der Waals surface area contributed by atoms with Gasteiger partial charge in [-0.15, -0.1) is 0 Å². The van der Waals surface area contributed by atoms with E-state index < -0.39 is 0 Å². The van der Waals surface area contributed by atoms with Crippen molar-refractivity contribution in [3.05, 3.63) is 56.6 Å². The lowest BCUT2D eigenvalue weighted by molar-refractivity contribution is 0.445. The van der Waals surface area contributed by atoms with Gasteiger partial charge in [-0.25, -0.2) is 0 Å². The summed E-state index contributed by atoms with van der Waals surface area (Å²) in [5.41, 5.74) is 2.26. The monoisotopic (exact) mass is 504 g/mol. The number of nitrogens with zero attached hydrogens (tertiary/aromatic N) is 2. The molecule has 1 unspecified atom stereocenters. The second kappa shape index (κ2) is 11.1. The minimum Gasteiger partial charge on any atom is -0.507 e. The molecule has 1 atom stereocenters. The van der Waals surface area contributed by atoms with Gasteiger partial charge in [-0.2, -0.15) is 0 Å². The number of phenols is 2. The van der Waals surface area contributed by atoms with E-state index in [0.29, 0.717) is 33.6 Å². The molecule has 6 heteroatoms. The number of hydrogen-bond acceptors (Lipinski definition) is 4. The van der Waals surface area contributed by atoms with Crippen LogP contribution < -0.4 is 0 Å². The predicted molar refractivity (Wildman–Crippen MR) is 147 cm³/mol. The van der Waals surface area contributed by atoms with Crippen molar-refractivity contribution in [2.45, 2.75) is 78.7 Å². The molecule has 186 valence electrons. The van der Waals surface area contributed by atoms with Crippen LogP contribution in [0.1, 0.15) is 84.1 Å². The first-order chi connectivity index (χ1) is 15.6. The van der Waals surface area contributed by atoms with Crippen LogP contribution in [0.4, 0.5) is 0 Å². The highest BCUT2D eigenvalue weighted by Crippen LogP contribution is 2.36. The number of rotatable bonds is 7. The summed E-state index contributed by atoms with van der Waals surface area (Å²) in [6, 6.07) is 6.95. The van der Waals surface area contributed by atoms with E-state index in [-0.39, 0.29) is 28.4 Å². The SMILES string of the molecule is CC(C)CC(CN=Cc1cc(Cl)cc(C(C)(C)C)c1O)N=Cc1cc(Cl)cc(C(C)(C)C)c1O. The van der Waals surface area contributed by atoms with Gasteiger partial charge in [0.1, 0.15) is 11.5 Å². The van der Waals surface area contributed by atoms with E-state index in [9.17, 15) is 10.2 Å². The van der Waals surface area contributed by atoms with Gasteiger partial charge >= 0.3 is 0 Å². The van der Waals surface area contributed by atoms with Crippen molar-refractivity contribution in [3.8, 4) is 11.5 Å². The Hall–Kier alpha value is -2.04. The van der Waals surface area contributed by atoms with Gasteiger partial charge in [-0.1, -0.05) is 78.6 Å². The molecule has 0 spiro atoms. The Kier molecular flexibility index (Phi) is 9.23. The van der Waals surface area contributed by atoms with Gasteiger partial charge in [0.2, 0.25) is 0 Å². The van der Waals surface area contributed by atoms with Crippen LogP contribution in [0.5, 0.6) is 11.5 Å². The minimum atomic E-state index is -0.246. The molecule has 2 aromatic rings. The molecule has 0 heterocycles. The summed E-state index contributed by atoms with van der Waals surface area (Å²) in [6.07, 6.45) is 4.18. The summed E-state index contributed by atoms with van der Waals surface area (Å²) < 4.78 is 0. The Bertz CT molecular complexity index is 1060. The van der Waals surface area contributed by atoms with Gasteiger partial charge in [-0.05, 0) is 47.4 Å². The molecule has 0 amide bonds. The molecule has 0 saturated heterocycles. The van der Waals surface area contributed by atoms with Crippen LogP contribution in [0.25, 0.3) is 0 Å². The number of phenolic OH excluding ortho intramolecular Hbond substituents is 2. The molecule has 0 bridgehead atoms. The number of aromatic hydroxyl groups is 2. The third-order valence-corrected chi connectivity index (χ3v) is 5.98. The largest absolute Gasteiger partial charge is 0.507 e. The Labute approximate surface area is 214 Å². The van der Waals surface area contributed by atoms with Gasteiger partial charge in [-0.3, -0.25) is 9.98 Å². The van der Waals surface area contributed by atoms with Crippen molar-refractivity contribution in [1.82, 2.24) is 0 Å². The van der Waals surface area contributed by atoms with Crippen LogP contribution in [0.2, 0.25) is 10.0 Å². The maximum absolute atomic E-state index is 10.8. The van der Waals surface area contributed by atoms with E-state index in [1.54, 1.807) is 36.7 Å². The number of halogens is 2. The zero-order valence-corrected chi connectivity index (χ0v) is 23.1. The first-order valence-electron chi connectivity index (χ1n) is 11.7. The average Bonchev–Trinajstić information content (AvgIpc) is 2.68. The summed E-state index contributed by atoms with van der Waals surface area (Å²) in [6.45, 7) is 16.9. The molecule has 0 aliphatic rings. The zero-order chi connectivity index (χ0) is 25.8. The van der Waals surface area contributed by atoms with Crippen molar-refractivity contribution in [2.75, 3.05) is 6.54 Å². The van der Waals surface area contributed by atoms with Crippen LogP contribution in [0.3, 0.4) is 0 Å². The second-order valence-corrected chi connectivity index (χ2v) is 12.2. The lowest BCUT2D eigenvalue weighted by Gasteiger charge is -2.22. The fourth-order valence-electron chi connectivity index (χ4n) is 3.77. The molecular weight excluding hydrogens is 467 g/mol. The Morgan fingerprint density at radius 2 is 1.24 bits per heavy atom. The number of benzene rings is 2. The third-order valence-electron chi connectivity index (χ3n) is 5.54. The number of hydrogen-bond donors (Lipinski definition) is 2.